The number of amides is 1. The molecule has 1 N–H and O–H groups in total. The van der Waals surface area contributed by atoms with E-state index in [1.54, 1.807) is 18.2 Å². The van der Waals surface area contributed by atoms with Gasteiger partial charge in [0.15, 0.2) is 0 Å². The Labute approximate surface area is 148 Å². The molecule has 0 aliphatic heterocycles. The normalized spacial score (nSPS) is 10.6. The molecule has 3 rings (SSSR count). The summed E-state index contributed by atoms with van der Waals surface area (Å²) in [5, 5.41) is 10.7. The maximum absolute atomic E-state index is 13.7. The van der Waals surface area contributed by atoms with Gasteiger partial charge in [0.1, 0.15) is 5.82 Å². The zero-order chi connectivity index (χ0) is 17.6. The van der Waals surface area contributed by atoms with Gasteiger partial charge in [0.25, 0.3) is 11.1 Å². The highest BCUT2D eigenvalue weighted by atomic mass is 32.2. The lowest BCUT2D eigenvalue weighted by molar-refractivity contribution is -0.118. The summed E-state index contributed by atoms with van der Waals surface area (Å²) in [6.45, 7) is 2.48. The summed E-state index contributed by atoms with van der Waals surface area (Å²) in [6.07, 6.45) is 0. The molecule has 0 unspecified atom stereocenters. The molecule has 0 atom stereocenters. The second-order valence-electron chi connectivity index (χ2n) is 5.40. The minimum Gasteiger partial charge on any atom is -0.411 e. The Bertz CT molecular complexity index is 865. The zero-order valence-corrected chi connectivity index (χ0v) is 14.3. The Morgan fingerprint density at radius 3 is 2.68 bits per heavy atom. The summed E-state index contributed by atoms with van der Waals surface area (Å²) < 4.78 is 19.1. The number of hydrogen-bond acceptors (Lipinski definition) is 5. The highest BCUT2D eigenvalue weighted by Gasteiger charge is 2.13. The number of thioether (sulfide) groups is 1. The van der Waals surface area contributed by atoms with Gasteiger partial charge in [-0.05, 0) is 24.6 Å². The summed E-state index contributed by atoms with van der Waals surface area (Å²) >= 11 is 1.11. The average molecular weight is 357 g/mol. The van der Waals surface area contributed by atoms with Crippen LogP contribution in [0.4, 0.5) is 4.39 Å². The molecule has 128 valence electrons. The maximum atomic E-state index is 13.7. The largest absolute Gasteiger partial charge is 0.411 e. The van der Waals surface area contributed by atoms with Crippen LogP contribution in [0.25, 0.3) is 11.5 Å². The van der Waals surface area contributed by atoms with Crippen LogP contribution in [-0.4, -0.2) is 21.9 Å². The van der Waals surface area contributed by atoms with Gasteiger partial charge < -0.3 is 9.73 Å². The maximum Gasteiger partial charge on any atom is 0.277 e. The Balaban J connectivity index is 1.51. The molecule has 0 aliphatic rings. The lowest BCUT2D eigenvalue weighted by atomic mass is 10.1. The van der Waals surface area contributed by atoms with Crippen molar-refractivity contribution in [2.45, 2.75) is 18.7 Å². The van der Waals surface area contributed by atoms with Crippen LogP contribution in [0, 0.1) is 12.7 Å². The van der Waals surface area contributed by atoms with Crippen LogP contribution < -0.4 is 5.32 Å². The second-order valence-corrected chi connectivity index (χ2v) is 6.33. The van der Waals surface area contributed by atoms with Crippen molar-refractivity contribution in [1.29, 1.82) is 0 Å². The van der Waals surface area contributed by atoms with Crippen LogP contribution in [0.1, 0.15) is 11.1 Å². The number of carbonyl (C=O) groups is 1. The van der Waals surface area contributed by atoms with Crippen molar-refractivity contribution in [3.05, 3.63) is 65.5 Å². The lowest BCUT2D eigenvalue weighted by Gasteiger charge is -2.04. The molecule has 2 aromatic carbocycles. The van der Waals surface area contributed by atoms with Crippen LogP contribution in [0.5, 0.6) is 0 Å². The SMILES string of the molecule is Cc1ccc(CNC(=O)CSc2nnc(-c3ccccc3F)o2)cc1. The fourth-order valence-corrected chi connectivity index (χ4v) is 2.69. The van der Waals surface area contributed by atoms with Gasteiger partial charge in [0.05, 0.1) is 11.3 Å². The fourth-order valence-electron chi connectivity index (χ4n) is 2.10. The third-order valence-electron chi connectivity index (χ3n) is 3.45. The van der Waals surface area contributed by atoms with Crippen LogP contribution in [0.2, 0.25) is 0 Å². The number of carbonyl (C=O) groups excluding carboxylic acids is 1. The standard InChI is InChI=1S/C18H16FN3O2S/c1-12-6-8-13(9-7-12)10-20-16(23)11-25-18-22-21-17(24-18)14-4-2-3-5-15(14)19/h2-9H,10-11H2,1H3,(H,20,23). The van der Waals surface area contributed by atoms with Gasteiger partial charge in [-0.3, -0.25) is 4.79 Å². The third kappa shape index (κ3) is 4.67. The van der Waals surface area contributed by atoms with E-state index in [4.69, 9.17) is 4.42 Å². The zero-order valence-electron chi connectivity index (χ0n) is 13.5. The molecule has 1 aromatic heterocycles. The monoisotopic (exact) mass is 357 g/mol. The Morgan fingerprint density at radius 1 is 1.16 bits per heavy atom. The summed E-state index contributed by atoms with van der Waals surface area (Å²) in [4.78, 5) is 11.9. The minimum atomic E-state index is -0.432. The number of nitrogens with one attached hydrogen (secondary N) is 1. The average Bonchev–Trinajstić information content (AvgIpc) is 3.08. The number of aromatic nitrogens is 2. The Hall–Kier alpha value is -2.67. The topological polar surface area (TPSA) is 68.0 Å². The molecule has 0 spiro atoms. The molecule has 25 heavy (non-hydrogen) atoms. The van der Waals surface area contributed by atoms with Gasteiger partial charge in [-0.1, -0.05) is 53.7 Å². The van der Waals surface area contributed by atoms with Crippen molar-refractivity contribution in [2.75, 3.05) is 5.75 Å². The van der Waals surface area contributed by atoms with Crippen molar-refractivity contribution in [2.24, 2.45) is 0 Å². The molecule has 0 aliphatic carbocycles. The van der Waals surface area contributed by atoms with Gasteiger partial charge in [0.2, 0.25) is 5.91 Å². The van der Waals surface area contributed by atoms with E-state index < -0.39 is 5.82 Å². The van der Waals surface area contributed by atoms with E-state index in [2.05, 4.69) is 15.5 Å². The van der Waals surface area contributed by atoms with Crippen molar-refractivity contribution >= 4 is 17.7 Å². The number of halogens is 1. The third-order valence-corrected chi connectivity index (χ3v) is 4.27. The number of rotatable bonds is 6. The molecule has 0 fully saturated rings. The molecule has 0 radical (unpaired) electrons. The van der Waals surface area contributed by atoms with E-state index in [-0.39, 0.29) is 28.3 Å². The van der Waals surface area contributed by atoms with Crippen molar-refractivity contribution in [3.63, 3.8) is 0 Å². The first-order valence-electron chi connectivity index (χ1n) is 7.65. The van der Waals surface area contributed by atoms with E-state index in [9.17, 15) is 9.18 Å². The van der Waals surface area contributed by atoms with Gasteiger partial charge in [-0.15, -0.1) is 10.2 Å². The summed E-state index contributed by atoms with van der Waals surface area (Å²) in [5.41, 5.74) is 2.45. The van der Waals surface area contributed by atoms with Gasteiger partial charge >= 0.3 is 0 Å². The Morgan fingerprint density at radius 2 is 1.92 bits per heavy atom. The van der Waals surface area contributed by atoms with E-state index in [1.165, 1.54) is 11.6 Å². The van der Waals surface area contributed by atoms with E-state index in [0.29, 0.717) is 6.54 Å². The number of nitrogens with zero attached hydrogens (tertiary/aromatic N) is 2. The molecule has 1 heterocycles. The summed E-state index contributed by atoms with van der Waals surface area (Å²) in [7, 11) is 0. The van der Waals surface area contributed by atoms with Gasteiger partial charge in [0, 0.05) is 6.54 Å². The number of aryl methyl sites for hydroxylation is 1. The molecule has 5 nitrogen and oxygen atoms in total. The van der Waals surface area contributed by atoms with Crippen LogP contribution in [-0.2, 0) is 11.3 Å². The fraction of sp³-hybridized carbons (Fsp3) is 0.167. The molecule has 0 saturated carbocycles. The highest BCUT2D eigenvalue weighted by molar-refractivity contribution is 7.99. The molecule has 0 saturated heterocycles. The minimum absolute atomic E-state index is 0.0978. The van der Waals surface area contributed by atoms with E-state index >= 15 is 0 Å². The molecule has 0 bridgehead atoms. The Kier molecular flexibility index (Phi) is 5.45. The second kappa shape index (κ2) is 7.94. The predicted molar refractivity (Wildman–Crippen MR) is 93.4 cm³/mol. The molecule has 1 amide bonds. The first-order valence-corrected chi connectivity index (χ1v) is 8.64. The van der Waals surface area contributed by atoms with Crippen molar-refractivity contribution in [3.8, 4) is 11.5 Å². The summed E-state index contributed by atoms with van der Waals surface area (Å²) in [5.74, 6) is -0.333. The van der Waals surface area contributed by atoms with Gasteiger partial charge in [-0.2, -0.15) is 0 Å². The predicted octanol–water partition coefficient (Wildman–Crippen LogP) is 3.59. The molecular formula is C18H16FN3O2S. The molecule has 3 aromatic rings. The van der Waals surface area contributed by atoms with Crippen LogP contribution >= 0.6 is 11.8 Å². The first-order chi connectivity index (χ1) is 12.1. The smallest absolute Gasteiger partial charge is 0.277 e. The lowest BCUT2D eigenvalue weighted by Crippen LogP contribution is -2.24. The van der Waals surface area contributed by atoms with E-state index in [1.807, 2.05) is 31.2 Å². The summed E-state index contributed by atoms with van der Waals surface area (Å²) in [6, 6.07) is 14.1. The first kappa shape index (κ1) is 17.2. The molecular weight excluding hydrogens is 341 g/mol. The highest BCUT2D eigenvalue weighted by Crippen LogP contribution is 2.24. The quantitative estimate of drug-likeness (QED) is 0.683. The van der Waals surface area contributed by atoms with E-state index in [0.717, 1.165) is 17.3 Å². The van der Waals surface area contributed by atoms with Crippen LogP contribution in [0.3, 0.4) is 0 Å². The van der Waals surface area contributed by atoms with Crippen molar-refractivity contribution in [1.82, 2.24) is 15.5 Å². The van der Waals surface area contributed by atoms with Crippen molar-refractivity contribution < 1.29 is 13.6 Å². The van der Waals surface area contributed by atoms with Gasteiger partial charge in [-0.25, -0.2) is 4.39 Å². The number of hydrogen-bond donors (Lipinski definition) is 1. The molecule has 7 heteroatoms. The number of benzene rings is 2. The van der Waals surface area contributed by atoms with Crippen LogP contribution in [0.15, 0.2) is 58.2 Å².